The number of methoxy groups -OCH3 is 2. The van der Waals surface area contributed by atoms with Gasteiger partial charge in [-0.3, -0.25) is 0 Å². The Balaban J connectivity index is 2.27. The summed E-state index contributed by atoms with van der Waals surface area (Å²) in [5.74, 6) is -0.0281. The Labute approximate surface area is 119 Å². The van der Waals surface area contributed by atoms with Crippen molar-refractivity contribution >= 4 is 32.7 Å². The first-order valence-electron chi connectivity index (χ1n) is 5.60. The molecule has 19 heavy (non-hydrogen) atoms. The van der Waals surface area contributed by atoms with E-state index in [0.29, 0.717) is 5.75 Å². The minimum atomic E-state index is -1.06. The highest BCUT2D eigenvalue weighted by atomic mass is 79.9. The zero-order valence-corrected chi connectivity index (χ0v) is 12.1. The molecule has 1 unspecified atom stereocenters. The summed E-state index contributed by atoms with van der Waals surface area (Å²) < 4.78 is 16.0. The van der Waals surface area contributed by atoms with Crippen molar-refractivity contribution in [2.45, 2.75) is 6.29 Å². The molecule has 0 amide bonds. The van der Waals surface area contributed by atoms with Crippen molar-refractivity contribution in [3.05, 3.63) is 40.9 Å². The maximum absolute atomic E-state index is 11.4. The van der Waals surface area contributed by atoms with Crippen LogP contribution in [0.2, 0.25) is 0 Å². The summed E-state index contributed by atoms with van der Waals surface area (Å²) in [5.41, 5.74) is 0. The first kappa shape index (κ1) is 13.8. The predicted octanol–water partition coefficient (Wildman–Crippen LogP) is 3.13. The Kier molecular flexibility index (Phi) is 4.39. The van der Waals surface area contributed by atoms with E-state index in [1.807, 2.05) is 30.3 Å². The number of benzene rings is 2. The van der Waals surface area contributed by atoms with E-state index in [1.54, 1.807) is 6.07 Å². The molecule has 0 N–H and O–H groups in total. The highest BCUT2D eigenvalue weighted by Gasteiger charge is 2.20. The fraction of sp³-hybridized carbons (Fsp3) is 0.214. The Morgan fingerprint density at radius 3 is 2.53 bits per heavy atom. The smallest absolute Gasteiger partial charge is 0.376 e. The first-order valence-corrected chi connectivity index (χ1v) is 6.40. The van der Waals surface area contributed by atoms with Crippen LogP contribution < -0.4 is 4.74 Å². The normalized spacial score (nSPS) is 12.2. The van der Waals surface area contributed by atoms with Crippen molar-refractivity contribution in [3.8, 4) is 5.75 Å². The van der Waals surface area contributed by atoms with Gasteiger partial charge in [-0.25, -0.2) is 4.79 Å². The third kappa shape index (κ3) is 3.24. The van der Waals surface area contributed by atoms with Crippen molar-refractivity contribution in [1.29, 1.82) is 0 Å². The van der Waals surface area contributed by atoms with Gasteiger partial charge < -0.3 is 14.2 Å². The van der Waals surface area contributed by atoms with Gasteiger partial charge >= 0.3 is 5.97 Å². The molecule has 0 heterocycles. The van der Waals surface area contributed by atoms with Gasteiger partial charge in [-0.2, -0.15) is 0 Å². The van der Waals surface area contributed by atoms with E-state index in [2.05, 4.69) is 20.7 Å². The van der Waals surface area contributed by atoms with Gasteiger partial charge in [0.1, 0.15) is 5.75 Å². The zero-order chi connectivity index (χ0) is 13.8. The Hall–Kier alpha value is -1.59. The third-order valence-electron chi connectivity index (χ3n) is 2.62. The molecule has 0 saturated carbocycles. The lowest BCUT2D eigenvalue weighted by Crippen LogP contribution is -2.30. The van der Waals surface area contributed by atoms with Crippen LogP contribution in [0.4, 0.5) is 0 Å². The summed E-state index contributed by atoms with van der Waals surface area (Å²) >= 11 is 3.42. The van der Waals surface area contributed by atoms with Gasteiger partial charge in [0.25, 0.3) is 6.29 Å². The molecular weight excluding hydrogens is 312 g/mol. The quantitative estimate of drug-likeness (QED) is 0.640. The molecule has 0 aliphatic heterocycles. The second-order valence-electron chi connectivity index (χ2n) is 3.86. The summed E-state index contributed by atoms with van der Waals surface area (Å²) in [5, 5.41) is 2.09. The molecule has 0 spiro atoms. The molecule has 5 heteroatoms. The van der Waals surface area contributed by atoms with Crippen LogP contribution in [0.5, 0.6) is 5.75 Å². The number of hydrogen-bond acceptors (Lipinski definition) is 4. The van der Waals surface area contributed by atoms with E-state index in [1.165, 1.54) is 14.2 Å². The third-order valence-corrected chi connectivity index (χ3v) is 3.12. The molecule has 100 valence electrons. The van der Waals surface area contributed by atoms with E-state index in [4.69, 9.17) is 9.47 Å². The van der Waals surface area contributed by atoms with Crippen molar-refractivity contribution in [2.75, 3.05) is 14.2 Å². The lowest BCUT2D eigenvalue weighted by Gasteiger charge is -2.15. The zero-order valence-electron chi connectivity index (χ0n) is 10.6. The predicted molar refractivity (Wildman–Crippen MR) is 75.1 cm³/mol. The van der Waals surface area contributed by atoms with E-state index >= 15 is 0 Å². The van der Waals surface area contributed by atoms with Gasteiger partial charge in [-0.15, -0.1) is 0 Å². The topological polar surface area (TPSA) is 44.8 Å². The fourth-order valence-corrected chi connectivity index (χ4v) is 2.06. The highest BCUT2D eigenvalue weighted by Crippen LogP contribution is 2.25. The van der Waals surface area contributed by atoms with Crippen molar-refractivity contribution in [2.24, 2.45) is 0 Å². The van der Waals surface area contributed by atoms with E-state index < -0.39 is 12.3 Å². The molecule has 2 rings (SSSR count). The van der Waals surface area contributed by atoms with Crippen molar-refractivity contribution in [3.63, 3.8) is 0 Å². The van der Waals surface area contributed by atoms with Crippen LogP contribution in [-0.4, -0.2) is 26.5 Å². The molecule has 0 bridgehead atoms. The maximum Gasteiger partial charge on any atom is 0.376 e. The van der Waals surface area contributed by atoms with Crippen LogP contribution in [0.15, 0.2) is 40.9 Å². The lowest BCUT2D eigenvalue weighted by atomic mass is 10.1. The summed E-state index contributed by atoms with van der Waals surface area (Å²) in [4.78, 5) is 11.4. The average Bonchev–Trinajstić information content (AvgIpc) is 2.43. The Morgan fingerprint density at radius 1 is 1.11 bits per heavy atom. The molecule has 0 aromatic heterocycles. The number of carbonyl (C=O) groups excluding carboxylic acids is 1. The van der Waals surface area contributed by atoms with E-state index in [9.17, 15) is 4.79 Å². The van der Waals surface area contributed by atoms with Gasteiger partial charge in [-0.05, 0) is 35.0 Å². The molecular formula is C14H13BrO4. The van der Waals surface area contributed by atoms with Gasteiger partial charge in [0, 0.05) is 11.6 Å². The molecule has 4 nitrogen and oxygen atoms in total. The number of hydrogen-bond donors (Lipinski definition) is 0. The molecule has 0 radical (unpaired) electrons. The van der Waals surface area contributed by atoms with Crippen LogP contribution in [0.1, 0.15) is 0 Å². The minimum absolute atomic E-state index is 0.544. The van der Waals surface area contributed by atoms with Crippen LogP contribution in [0.25, 0.3) is 10.8 Å². The SMILES string of the molecule is COC(=O)C(OC)Oc1ccc2ccc(Br)cc2c1. The van der Waals surface area contributed by atoms with Gasteiger partial charge in [-0.1, -0.05) is 28.1 Å². The monoisotopic (exact) mass is 324 g/mol. The molecule has 0 saturated heterocycles. The molecule has 0 aliphatic rings. The molecule has 0 aliphatic carbocycles. The Bertz CT molecular complexity index is 597. The number of halogens is 1. The molecule has 2 aromatic rings. The van der Waals surface area contributed by atoms with Gasteiger partial charge in [0.2, 0.25) is 0 Å². The van der Waals surface area contributed by atoms with Crippen LogP contribution in [0, 0.1) is 0 Å². The van der Waals surface area contributed by atoms with Crippen LogP contribution in [-0.2, 0) is 14.3 Å². The van der Waals surface area contributed by atoms with E-state index in [-0.39, 0.29) is 0 Å². The van der Waals surface area contributed by atoms with Gasteiger partial charge in [0.05, 0.1) is 7.11 Å². The second kappa shape index (κ2) is 6.04. The van der Waals surface area contributed by atoms with E-state index in [0.717, 1.165) is 15.2 Å². The molecule has 0 fully saturated rings. The standard InChI is InChI=1S/C14H13BrO4/c1-17-13(16)14(18-2)19-12-6-4-9-3-5-11(15)7-10(9)8-12/h3-8,14H,1-2H3. The van der Waals surface area contributed by atoms with Crippen molar-refractivity contribution < 1.29 is 19.0 Å². The maximum atomic E-state index is 11.4. The summed E-state index contributed by atoms with van der Waals surface area (Å²) in [6.07, 6.45) is -1.06. The fourth-order valence-electron chi connectivity index (χ4n) is 1.68. The van der Waals surface area contributed by atoms with Crippen molar-refractivity contribution in [1.82, 2.24) is 0 Å². The van der Waals surface area contributed by atoms with Gasteiger partial charge in [0.15, 0.2) is 0 Å². The summed E-state index contributed by atoms with van der Waals surface area (Å²) in [7, 11) is 2.68. The highest BCUT2D eigenvalue weighted by molar-refractivity contribution is 9.10. The number of rotatable bonds is 4. The molecule has 1 atom stereocenters. The van der Waals surface area contributed by atoms with Crippen LogP contribution >= 0.6 is 15.9 Å². The van der Waals surface area contributed by atoms with Crippen LogP contribution in [0.3, 0.4) is 0 Å². The lowest BCUT2D eigenvalue weighted by molar-refractivity contribution is -0.170. The first-order chi connectivity index (χ1) is 9.13. The summed E-state index contributed by atoms with van der Waals surface area (Å²) in [6, 6.07) is 11.5. The minimum Gasteiger partial charge on any atom is -0.464 e. The average molecular weight is 325 g/mol. The second-order valence-corrected chi connectivity index (χ2v) is 4.78. The number of carbonyl (C=O) groups is 1. The number of ether oxygens (including phenoxy) is 3. The Morgan fingerprint density at radius 2 is 1.84 bits per heavy atom. The largest absolute Gasteiger partial charge is 0.464 e. The summed E-state index contributed by atoms with van der Waals surface area (Å²) in [6.45, 7) is 0. The molecule has 2 aromatic carbocycles. The number of fused-ring (bicyclic) bond motifs is 1. The number of esters is 1.